The van der Waals surface area contributed by atoms with Crippen molar-refractivity contribution in [3.8, 4) is 6.07 Å². The van der Waals surface area contributed by atoms with Crippen LogP contribution in [0.2, 0.25) is 0 Å². The molecule has 0 aromatic heterocycles. The predicted octanol–water partition coefficient (Wildman–Crippen LogP) is 2.96. The summed E-state index contributed by atoms with van der Waals surface area (Å²) in [5.41, 5.74) is -0.737. The highest BCUT2D eigenvalue weighted by Gasteiger charge is 2.29. The third-order valence-electron chi connectivity index (χ3n) is 3.98. The minimum atomic E-state index is -0.826. The first-order valence-corrected chi connectivity index (χ1v) is 7.19. The van der Waals surface area contributed by atoms with Crippen molar-refractivity contribution < 1.29 is 10.0 Å². The second-order valence-corrected chi connectivity index (χ2v) is 5.56. The molecular weight excluding hydrogens is 270 g/mol. The Balaban J connectivity index is 2.16. The Morgan fingerprint density at radius 3 is 2.57 bits per heavy atom. The van der Waals surface area contributed by atoms with Gasteiger partial charge in [-0.3, -0.25) is 10.1 Å². The van der Waals surface area contributed by atoms with Crippen LogP contribution in [0.25, 0.3) is 0 Å². The van der Waals surface area contributed by atoms with E-state index in [9.17, 15) is 15.2 Å². The summed E-state index contributed by atoms with van der Waals surface area (Å²) in [5, 5.41) is 33.6. The molecule has 2 rings (SSSR count). The van der Waals surface area contributed by atoms with E-state index < -0.39 is 10.5 Å². The van der Waals surface area contributed by atoms with Crippen molar-refractivity contribution in [1.82, 2.24) is 0 Å². The van der Waals surface area contributed by atoms with Crippen molar-refractivity contribution in [2.75, 3.05) is 11.9 Å². The molecule has 0 saturated heterocycles. The van der Waals surface area contributed by atoms with Crippen LogP contribution in [0.1, 0.15) is 44.1 Å². The van der Waals surface area contributed by atoms with Crippen molar-refractivity contribution in [2.24, 2.45) is 0 Å². The highest BCUT2D eigenvalue weighted by atomic mass is 16.6. The van der Waals surface area contributed by atoms with Gasteiger partial charge in [-0.1, -0.05) is 31.7 Å². The van der Waals surface area contributed by atoms with E-state index in [4.69, 9.17) is 5.26 Å². The number of para-hydroxylation sites is 1. The number of hydrogen-bond acceptors (Lipinski definition) is 5. The van der Waals surface area contributed by atoms with Gasteiger partial charge in [-0.05, 0) is 25.0 Å². The molecule has 1 aromatic rings. The second-order valence-electron chi connectivity index (χ2n) is 5.56. The lowest BCUT2D eigenvalue weighted by Crippen LogP contribution is -2.36. The lowest BCUT2D eigenvalue weighted by molar-refractivity contribution is -0.384. The van der Waals surface area contributed by atoms with Crippen LogP contribution in [0.5, 0.6) is 0 Å². The Kier molecular flexibility index (Phi) is 4.76. The van der Waals surface area contributed by atoms with Crippen LogP contribution in [0, 0.1) is 21.4 Å². The van der Waals surface area contributed by atoms with E-state index in [0.29, 0.717) is 12.8 Å². The van der Waals surface area contributed by atoms with Gasteiger partial charge >= 0.3 is 5.69 Å². The molecule has 0 radical (unpaired) electrons. The summed E-state index contributed by atoms with van der Waals surface area (Å²) >= 11 is 0. The molecule has 1 fully saturated rings. The quantitative estimate of drug-likeness (QED) is 0.504. The minimum Gasteiger partial charge on any atom is -0.388 e. The molecule has 0 amide bonds. The summed E-state index contributed by atoms with van der Waals surface area (Å²) in [7, 11) is 0. The van der Waals surface area contributed by atoms with Crippen molar-refractivity contribution in [2.45, 2.75) is 44.1 Å². The highest BCUT2D eigenvalue weighted by molar-refractivity contribution is 5.68. The number of nitro benzene ring substituents is 1. The number of hydrogen-bond donors (Lipinski definition) is 2. The SMILES string of the molecule is N#Cc1cccc(NCC2(O)CCCCCC2)c1[N+](=O)[O-]. The van der Waals surface area contributed by atoms with Crippen LogP contribution in [-0.4, -0.2) is 22.2 Å². The van der Waals surface area contributed by atoms with E-state index in [1.807, 2.05) is 6.07 Å². The molecular formula is C15H19N3O3. The summed E-state index contributed by atoms with van der Waals surface area (Å²) in [6.45, 7) is 0.267. The summed E-state index contributed by atoms with van der Waals surface area (Å²) in [4.78, 5) is 10.6. The average Bonchev–Trinajstić information content (AvgIpc) is 2.69. The molecule has 112 valence electrons. The molecule has 6 nitrogen and oxygen atoms in total. The van der Waals surface area contributed by atoms with Crippen LogP contribution in [-0.2, 0) is 0 Å². The first kappa shape index (κ1) is 15.3. The van der Waals surface area contributed by atoms with Crippen LogP contribution >= 0.6 is 0 Å². The number of anilines is 1. The molecule has 6 heteroatoms. The summed E-state index contributed by atoms with van der Waals surface area (Å²) in [6, 6.07) is 6.42. The number of nitrogens with one attached hydrogen (secondary N) is 1. The van der Waals surface area contributed by atoms with Crippen LogP contribution < -0.4 is 5.32 Å². The first-order chi connectivity index (χ1) is 10.1. The van der Waals surface area contributed by atoms with E-state index in [1.54, 1.807) is 12.1 Å². The summed E-state index contributed by atoms with van der Waals surface area (Å²) < 4.78 is 0. The molecule has 0 bridgehead atoms. The predicted molar refractivity (Wildman–Crippen MR) is 79.0 cm³/mol. The summed E-state index contributed by atoms with van der Waals surface area (Å²) in [6.07, 6.45) is 5.58. The van der Waals surface area contributed by atoms with Crippen molar-refractivity contribution in [1.29, 1.82) is 5.26 Å². The van der Waals surface area contributed by atoms with E-state index in [1.165, 1.54) is 6.07 Å². The molecule has 0 unspecified atom stereocenters. The third kappa shape index (κ3) is 3.70. The average molecular weight is 289 g/mol. The number of nitro groups is 1. The Labute approximate surface area is 123 Å². The van der Waals surface area contributed by atoms with Gasteiger partial charge < -0.3 is 10.4 Å². The van der Waals surface area contributed by atoms with Crippen LogP contribution in [0.3, 0.4) is 0 Å². The van der Waals surface area contributed by atoms with Crippen LogP contribution in [0.4, 0.5) is 11.4 Å². The van der Waals surface area contributed by atoms with E-state index in [0.717, 1.165) is 25.7 Å². The zero-order chi connectivity index (χ0) is 15.3. The molecule has 0 spiro atoms. The number of nitriles is 1. The van der Waals surface area contributed by atoms with Gasteiger partial charge in [-0.15, -0.1) is 0 Å². The minimum absolute atomic E-state index is 0.0258. The van der Waals surface area contributed by atoms with Gasteiger partial charge in [-0.25, -0.2) is 0 Å². The summed E-state index contributed by atoms with van der Waals surface area (Å²) in [5.74, 6) is 0. The Morgan fingerprint density at radius 1 is 1.33 bits per heavy atom. The fourth-order valence-corrected chi connectivity index (χ4v) is 2.80. The van der Waals surface area contributed by atoms with Crippen molar-refractivity contribution in [3.05, 3.63) is 33.9 Å². The van der Waals surface area contributed by atoms with Gasteiger partial charge in [0.15, 0.2) is 0 Å². The highest BCUT2D eigenvalue weighted by Crippen LogP contribution is 2.31. The number of rotatable bonds is 4. The third-order valence-corrected chi connectivity index (χ3v) is 3.98. The normalized spacial score (nSPS) is 17.5. The Hall–Kier alpha value is -2.13. The monoisotopic (exact) mass is 289 g/mol. The molecule has 1 aliphatic carbocycles. The maximum atomic E-state index is 11.1. The van der Waals surface area contributed by atoms with Gasteiger partial charge in [0, 0.05) is 6.54 Å². The van der Waals surface area contributed by atoms with Gasteiger partial charge in [-0.2, -0.15) is 5.26 Å². The zero-order valence-corrected chi connectivity index (χ0v) is 11.8. The molecule has 1 aliphatic rings. The van der Waals surface area contributed by atoms with Gasteiger partial charge in [0.1, 0.15) is 17.3 Å². The Bertz CT molecular complexity index is 558. The fraction of sp³-hybridized carbons (Fsp3) is 0.533. The largest absolute Gasteiger partial charge is 0.388 e. The maximum Gasteiger partial charge on any atom is 0.309 e. The molecule has 0 atom stereocenters. The first-order valence-electron chi connectivity index (χ1n) is 7.19. The molecule has 0 aliphatic heterocycles. The number of aliphatic hydroxyl groups is 1. The van der Waals surface area contributed by atoms with E-state index in [-0.39, 0.29) is 23.5 Å². The molecule has 1 aromatic carbocycles. The topological polar surface area (TPSA) is 99.2 Å². The smallest absolute Gasteiger partial charge is 0.309 e. The van der Waals surface area contributed by atoms with Crippen molar-refractivity contribution in [3.63, 3.8) is 0 Å². The van der Waals surface area contributed by atoms with Gasteiger partial charge in [0.25, 0.3) is 0 Å². The maximum absolute atomic E-state index is 11.1. The van der Waals surface area contributed by atoms with E-state index in [2.05, 4.69) is 5.32 Å². The fourth-order valence-electron chi connectivity index (χ4n) is 2.80. The second kappa shape index (κ2) is 6.55. The lowest BCUT2D eigenvalue weighted by Gasteiger charge is -2.27. The molecule has 1 saturated carbocycles. The van der Waals surface area contributed by atoms with Crippen LogP contribution in [0.15, 0.2) is 18.2 Å². The lowest BCUT2D eigenvalue weighted by atomic mass is 9.94. The number of nitrogens with zero attached hydrogens (tertiary/aromatic N) is 2. The number of benzene rings is 1. The molecule has 21 heavy (non-hydrogen) atoms. The molecule has 0 heterocycles. The van der Waals surface area contributed by atoms with Gasteiger partial charge in [0.2, 0.25) is 0 Å². The van der Waals surface area contributed by atoms with Gasteiger partial charge in [0.05, 0.1) is 10.5 Å². The Morgan fingerprint density at radius 2 is 2.00 bits per heavy atom. The zero-order valence-electron chi connectivity index (χ0n) is 11.8. The standard InChI is InChI=1S/C15H19N3O3/c16-10-12-6-5-7-13(14(12)18(20)21)17-11-15(19)8-3-1-2-4-9-15/h5-7,17,19H,1-4,8-9,11H2. The van der Waals surface area contributed by atoms with E-state index >= 15 is 0 Å². The molecule has 2 N–H and O–H groups in total. The van der Waals surface area contributed by atoms with Crippen molar-refractivity contribution >= 4 is 11.4 Å².